The summed E-state index contributed by atoms with van der Waals surface area (Å²) in [6, 6.07) is 6.28. The third kappa shape index (κ3) is 4.42. The molecule has 0 aromatic heterocycles. The van der Waals surface area contributed by atoms with Crippen LogP contribution in [0.1, 0.15) is 26.2 Å². The van der Waals surface area contributed by atoms with Crippen LogP contribution >= 0.6 is 0 Å². The Bertz CT molecular complexity index is 518. The van der Waals surface area contributed by atoms with Crippen LogP contribution in [0.3, 0.4) is 0 Å². The molecule has 23 heavy (non-hydrogen) atoms. The number of benzene rings is 1. The van der Waals surface area contributed by atoms with Crippen molar-refractivity contribution in [1.29, 1.82) is 0 Å². The van der Waals surface area contributed by atoms with Crippen LogP contribution in [-0.2, 0) is 9.53 Å². The predicted molar refractivity (Wildman–Crippen MR) is 86.0 cm³/mol. The van der Waals surface area contributed by atoms with Crippen molar-refractivity contribution in [2.45, 2.75) is 37.9 Å². The van der Waals surface area contributed by atoms with E-state index in [9.17, 15) is 9.18 Å². The lowest BCUT2D eigenvalue weighted by molar-refractivity contribution is -0.147. The van der Waals surface area contributed by atoms with Gasteiger partial charge in [-0.05, 0) is 44.5 Å². The molecule has 1 aliphatic heterocycles. The van der Waals surface area contributed by atoms with Gasteiger partial charge in [-0.25, -0.2) is 4.39 Å². The number of amides is 1. The standard InChI is InChI=1S/C17H25FN2O3/c1-3-13(23-15-7-5-4-6-14(15)18)12-20-16(21)17(22-2)8-10-19-11-9-17/h4-7,13,19H,3,8-12H2,1-2H3,(H,20,21). The van der Waals surface area contributed by atoms with Crippen LogP contribution in [0.15, 0.2) is 24.3 Å². The number of hydrogen-bond acceptors (Lipinski definition) is 4. The molecular formula is C17H25FN2O3. The number of carbonyl (C=O) groups is 1. The number of hydrogen-bond donors (Lipinski definition) is 2. The second-order valence-corrected chi connectivity index (χ2v) is 5.74. The average Bonchev–Trinajstić information content (AvgIpc) is 2.60. The minimum atomic E-state index is -0.776. The van der Waals surface area contributed by atoms with E-state index in [0.717, 1.165) is 13.1 Å². The van der Waals surface area contributed by atoms with Crippen LogP contribution in [0.5, 0.6) is 5.75 Å². The van der Waals surface area contributed by atoms with Crippen molar-refractivity contribution >= 4 is 5.91 Å². The zero-order valence-electron chi connectivity index (χ0n) is 13.7. The van der Waals surface area contributed by atoms with Gasteiger partial charge in [0.15, 0.2) is 11.6 Å². The number of carbonyl (C=O) groups excluding carboxylic acids is 1. The largest absolute Gasteiger partial charge is 0.486 e. The molecule has 128 valence electrons. The number of methoxy groups -OCH3 is 1. The molecule has 5 nitrogen and oxygen atoms in total. The molecule has 0 saturated carbocycles. The molecule has 0 aliphatic carbocycles. The molecule has 0 bridgehead atoms. The van der Waals surface area contributed by atoms with E-state index < -0.39 is 11.4 Å². The van der Waals surface area contributed by atoms with E-state index in [4.69, 9.17) is 9.47 Å². The van der Waals surface area contributed by atoms with Crippen LogP contribution in [0.25, 0.3) is 0 Å². The van der Waals surface area contributed by atoms with Crippen molar-refractivity contribution in [3.8, 4) is 5.75 Å². The van der Waals surface area contributed by atoms with Crippen molar-refractivity contribution in [3.63, 3.8) is 0 Å². The zero-order chi connectivity index (χ0) is 16.7. The van der Waals surface area contributed by atoms with Crippen molar-refractivity contribution in [2.75, 3.05) is 26.7 Å². The van der Waals surface area contributed by atoms with Gasteiger partial charge in [0.05, 0.1) is 6.54 Å². The molecule has 2 rings (SSSR count). The number of ether oxygens (including phenoxy) is 2. The first kappa shape index (κ1) is 17.7. The summed E-state index contributed by atoms with van der Waals surface area (Å²) in [6.45, 7) is 3.77. The van der Waals surface area contributed by atoms with Gasteiger partial charge in [0, 0.05) is 7.11 Å². The highest BCUT2D eigenvalue weighted by molar-refractivity contribution is 5.85. The molecular weight excluding hydrogens is 299 g/mol. The van der Waals surface area contributed by atoms with Crippen LogP contribution in [-0.4, -0.2) is 44.4 Å². The highest BCUT2D eigenvalue weighted by Gasteiger charge is 2.39. The van der Waals surface area contributed by atoms with Crippen molar-refractivity contribution in [2.24, 2.45) is 0 Å². The Hall–Kier alpha value is -1.66. The summed E-state index contributed by atoms with van der Waals surface area (Å²) < 4.78 is 24.8. The molecule has 1 aromatic carbocycles. The molecule has 1 amide bonds. The third-order valence-electron chi connectivity index (χ3n) is 4.29. The molecule has 1 unspecified atom stereocenters. The van der Waals surface area contributed by atoms with E-state index in [-0.39, 0.29) is 17.8 Å². The van der Waals surface area contributed by atoms with Crippen LogP contribution in [0.2, 0.25) is 0 Å². The molecule has 1 aromatic rings. The topological polar surface area (TPSA) is 59.6 Å². The third-order valence-corrected chi connectivity index (χ3v) is 4.29. The fourth-order valence-corrected chi connectivity index (χ4v) is 2.71. The molecule has 2 N–H and O–H groups in total. The van der Waals surface area contributed by atoms with Crippen molar-refractivity contribution in [1.82, 2.24) is 10.6 Å². The maximum atomic E-state index is 13.7. The van der Waals surface area contributed by atoms with Crippen molar-refractivity contribution < 1.29 is 18.7 Å². The Morgan fingerprint density at radius 3 is 2.70 bits per heavy atom. The van der Waals surface area contributed by atoms with Crippen LogP contribution in [0, 0.1) is 5.82 Å². The molecule has 0 spiro atoms. The maximum Gasteiger partial charge on any atom is 0.252 e. The minimum absolute atomic E-state index is 0.128. The van der Waals surface area contributed by atoms with E-state index in [1.165, 1.54) is 6.07 Å². The zero-order valence-corrected chi connectivity index (χ0v) is 13.7. The van der Waals surface area contributed by atoms with Gasteiger partial charge < -0.3 is 20.1 Å². The van der Waals surface area contributed by atoms with Gasteiger partial charge in [-0.15, -0.1) is 0 Å². The van der Waals surface area contributed by atoms with Gasteiger partial charge >= 0.3 is 0 Å². The van der Waals surface area contributed by atoms with E-state index in [0.29, 0.717) is 25.8 Å². The molecule has 1 aliphatic rings. The van der Waals surface area contributed by atoms with E-state index in [1.807, 2.05) is 6.92 Å². The van der Waals surface area contributed by atoms with Gasteiger partial charge in [-0.3, -0.25) is 4.79 Å². The van der Waals surface area contributed by atoms with Crippen LogP contribution < -0.4 is 15.4 Å². The number of nitrogens with one attached hydrogen (secondary N) is 2. The summed E-state index contributed by atoms with van der Waals surface area (Å²) in [4.78, 5) is 12.5. The van der Waals surface area contributed by atoms with Gasteiger partial charge in [0.1, 0.15) is 11.7 Å². The summed E-state index contributed by atoms with van der Waals surface area (Å²) in [5.74, 6) is -0.321. The first-order chi connectivity index (χ1) is 11.1. The Kier molecular flexibility index (Phi) is 6.36. The lowest BCUT2D eigenvalue weighted by Gasteiger charge is -2.35. The van der Waals surface area contributed by atoms with Gasteiger partial charge in [0.25, 0.3) is 5.91 Å². The Labute approximate surface area is 136 Å². The minimum Gasteiger partial charge on any atom is -0.486 e. The summed E-state index contributed by atoms with van der Waals surface area (Å²) in [5.41, 5.74) is -0.776. The quantitative estimate of drug-likeness (QED) is 0.804. The predicted octanol–water partition coefficient (Wildman–Crippen LogP) is 1.87. The Balaban J connectivity index is 1.92. The second kappa shape index (κ2) is 8.26. The SMILES string of the molecule is CCC(CNC(=O)C1(OC)CCNCC1)Oc1ccccc1F. The molecule has 1 saturated heterocycles. The molecule has 1 fully saturated rings. The molecule has 6 heteroatoms. The van der Waals surface area contributed by atoms with Gasteiger partial charge in [-0.2, -0.15) is 0 Å². The highest BCUT2D eigenvalue weighted by Crippen LogP contribution is 2.23. The lowest BCUT2D eigenvalue weighted by atomic mass is 9.91. The molecule has 1 heterocycles. The smallest absolute Gasteiger partial charge is 0.252 e. The van der Waals surface area contributed by atoms with Crippen LogP contribution in [0.4, 0.5) is 4.39 Å². The number of piperidine rings is 1. The van der Waals surface area contributed by atoms with Crippen molar-refractivity contribution in [3.05, 3.63) is 30.1 Å². The number of halogens is 1. The summed E-state index contributed by atoms with van der Waals surface area (Å²) >= 11 is 0. The van der Waals surface area contributed by atoms with E-state index >= 15 is 0 Å². The first-order valence-electron chi connectivity index (χ1n) is 8.06. The summed E-state index contributed by atoms with van der Waals surface area (Å²) in [6.07, 6.45) is 1.66. The van der Waals surface area contributed by atoms with Gasteiger partial charge in [-0.1, -0.05) is 19.1 Å². The number of para-hydroxylation sites is 1. The van der Waals surface area contributed by atoms with Gasteiger partial charge in [0.2, 0.25) is 0 Å². The maximum absolute atomic E-state index is 13.7. The van der Waals surface area contributed by atoms with E-state index in [1.54, 1.807) is 25.3 Å². The Morgan fingerprint density at radius 2 is 2.09 bits per heavy atom. The first-order valence-corrected chi connectivity index (χ1v) is 8.06. The fourth-order valence-electron chi connectivity index (χ4n) is 2.71. The fraction of sp³-hybridized carbons (Fsp3) is 0.588. The monoisotopic (exact) mass is 324 g/mol. The normalized spacial score (nSPS) is 18.2. The highest BCUT2D eigenvalue weighted by atomic mass is 19.1. The second-order valence-electron chi connectivity index (χ2n) is 5.74. The lowest BCUT2D eigenvalue weighted by Crippen LogP contribution is -2.55. The summed E-state index contributed by atoms with van der Waals surface area (Å²) in [7, 11) is 1.57. The summed E-state index contributed by atoms with van der Waals surface area (Å²) in [5, 5.41) is 6.11. The van der Waals surface area contributed by atoms with E-state index in [2.05, 4.69) is 10.6 Å². The average molecular weight is 324 g/mol. The number of rotatable bonds is 7. The molecule has 0 radical (unpaired) electrons. The Morgan fingerprint density at radius 1 is 1.39 bits per heavy atom. The molecule has 1 atom stereocenters.